The van der Waals surface area contributed by atoms with Gasteiger partial charge in [-0.05, 0) is 49.4 Å². The molecule has 12 heavy (non-hydrogen) atoms. The Kier molecular flexibility index (Phi) is 1.52. The zero-order valence-corrected chi connectivity index (χ0v) is 7.58. The number of fused-ring (bicyclic) bond motifs is 1. The van der Waals surface area contributed by atoms with Gasteiger partial charge in [0.2, 0.25) is 0 Å². The zero-order valence-electron chi connectivity index (χ0n) is 7.58. The zero-order chi connectivity index (χ0) is 8.13. The molecule has 0 aromatic carbocycles. The highest BCUT2D eigenvalue weighted by Gasteiger charge is 2.48. The predicted molar refractivity (Wildman–Crippen MR) is 47.7 cm³/mol. The molecular formula is C11H18O. The fraction of sp³-hybridized carbons (Fsp3) is 1.00. The summed E-state index contributed by atoms with van der Waals surface area (Å²) < 4.78 is 0. The molecule has 0 aliphatic heterocycles. The smallest absolute Gasteiger partial charge is 0.0571 e. The molecule has 0 radical (unpaired) electrons. The summed E-state index contributed by atoms with van der Waals surface area (Å²) in [5.41, 5.74) is 0. The molecule has 0 spiro atoms. The SMILES string of the molecule is OC(CC1CC1)C1CC2CC2C1. The van der Waals surface area contributed by atoms with E-state index in [1.807, 2.05) is 0 Å². The Labute approximate surface area is 74.2 Å². The number of aliphatic hydroxyl groups excluding tert-OH is 1. The summed E-state index contributed by atoms with van der Waals surface area (Å²) >= 11 is 0. The molecule has 1 heteroatoms. The molecule has 0 aromatic heterocycles. The van der Waals surface area contributed by atoms with Crippen molar-refractivity contribution in [3.63, 3.8) is 0 Å². The van der Waals surface area contributed by atoms with Crippen LogP contribution >= 0.6 is 0 Å². The topological polar surface area (TPSA) is 20.2 Å². The number of hydrogen-bond acceptors (Lipinski definition) is 1. The first kappa shape index (κ1) is 7.37. The Morgan fingerprint density at radius 2 is 1.75 bits per heavy atom. The van der Waals surface area contributed by atoms with Crippen molar-refractivity contribution in [3.05, 3.63) is 0 Å². The van der Waals surface area contributed by atoms with Crippen LogP contribution in [0.25, 0.3) is 0 Å². The van der Waals surface area contributed by atoms with Crippen LogP contribution in [0.2, 0.25) is 0 Å². The van der Waals surface area contributed by atoms with Crippen LogP contribution in [-0.4, -0.2) is 11.2 Å². The van der Waals surface area contributed by atoms with E-state index < -0.39 is 0 Å². The average molecular weight is 166 g/mol. The minimum absolute atomic E-state index is 0.0605. The van der Waals surface area contributed by atoms with E-state index in [0.29, 0.717) is 5.92 Å². The van der Waals surface area contributed by atoms with E-state index in [0.717, 1.165) is 24.2 Å². The van der Waals surface area contributed by atoms with Gasteiger partial charge in [-0.15, -0.1) is 0 Å². The van der Waals surface area contributed by atoms with Crippen LogP contribution < -0.4 is 0 Å². The Morgan fingerprint density at radius 3 is 2.33 bits per heavy atom. The van der Waals surface area contributed by atoms with Gasteiger partial charge in [-0.1, -0.05) is 12.8 Å². The minimum Gasteiger partial charge on any atom is -0.393 e. The quantitative estimate of drug-likeness (QED) is 0.681. The van der Waals surface area contributed by atoms with Gasteiger partial charge in [0.25, 0.3) is 0 Å². The molecule has 0 aromatic rings. The van der Waals surface area contributed by atoms with E-state index in [-0.39, 0.29) is 6.10 Å². The number of hydrogen-bond donors (Lipinski definition) is 1. The second kappa shape index (κ2) is 2.47. The van der Waals surface area contributed by atoms with Crippen LogP contribution in [0, 0.1) is 23.7 Å². The molecule has 3 unspecified atom stereocenters. The molecule has 0 heterocycles. The van der Waals surface area contributed by atoms with Crippen LogP contribution in [0.3, 0.4) is 0 Å². The van der Waals surface area contributed by atoms with Gasteiger partial charge in [-0.2, -0.15) is 0 Å². The lowest BCUT2D eigenvalue weighted by Crippen LogP contribution is -2.19. The third kappa shape index (κ3) is 1.28. The molecule has 1 N–H and O–H groups in total. The van der Waals surface area contributed by atoms with Gasteiger partial charge in [0.15, 0.2) is 0 Å². The third-order valence-electron chi connectivity index (χ3n) is 4.10. The van der Waals surface area contributed by atoms with E-state index in [1.165, 1.54) is 32.1 Å². The van der Waals surface area contributed by atoms with E-state index >= 15 is 0 Å². The Balaban J connectivity index is 1.51. The average Bonchev–Trinajstić information content (AvgIpc) is 2.95. The molecule has 0 saturated heterocycles. The molecule has 68 valence electrons. The van der Waals surface area contributed by atoms with Gasteiger partial charge in [0, 0.05) is 0 Å². The van der Waals surface area contributed by atoms with Gasteiger partial charge >= 0.3 is 0 Å². The molecule has 3 aliphatic rings. The molecule has 3 fully saturated rings. The summed E-state index contributed by atoms with van der Waals surface area (Å²) in [6, 6.07) is 0. The fourth-order valence-electron chi connectivity index (χ4n) is 2.96. The second-order valence-electron chi connectivity index (χ2n) is 5.23. The van der Waals surface area contributed by atoms with Crippen molar-refractivity contribution in [1.82, 2.24) is 0 Å². The third-order valence-corrected chi connectivity index (χ3v) is 4.10. The van der Waals surface area contributed by atoms with Crippen molar-refractivity contribution in [3.8, 4) is 0 Å². The summed E-state index contributed by atoms with van der Waals surface area (Å²) in [6.07, 6.45) is 8.12. The lowest BCUT2D eigenvalue weighted by Gasteiger charge is -2.18. The van der Waals surface area contributed by atoms with E-state index in [2.05, 4.69) is 0 Å². The first-order chi connectivity index (χ1) is 5.83. The summed E-state index contributed by atoms with van der Waals surface area (Å²) in [5.74, 6) is 3.65. The normalized spacial score (nSPS) is 47.2. The summed E-state index contributed by atoms with van der Waals surface area (Å²) in [7, 11) is 0. The maximum absolute atomic E-state index is 9.90. The van der Waals surface area contributed by atoms with Gasteiger partial charge in [-0.25, -0.2) is 0 Å². The molecular weight excluding hydrogens is 148 g/mol. The van der Waals surface area contributed by atoms with Gasteiger partial charge in [0.1, 0.15) is 0 Å². The van der Waals surface area contributed by atoms with Gasteiger partial charge in [-0.3, -0.25) is 0 Å². The van der Waals surface area contributed by atoms with Crippen LogP contribution in [0.15, 0.2) is 0 Å². The Bertz CT molecular complexity index is 175. The molecule has 3 rings (SSSR count). The fourth-order valence-corrected chi connectivity index (χ4v) is 2.96. The van der Waals surface area contributed by atoms with Crippen molar-refractivity contribution in [2.75, 3.05) is 0 Å². The van der Waals surface area contributed by atoms with Crippen molar-refractivity contribution in [1.29, 1.82) is 0 Å². The summed E-state index contributed by atoms with van der Waals surface area (Å²) in [6.45, 7) is 0. The van der Waals surface area contributed by atoms with Crippen LogP contribution in [0.4, 0.5) is 0 Å². The molecule has 0 bridgehead atoms. The first-order valence-corrected chi connectivity index (χ1v) is 5.51. The Hall–Kier alpha value is -0.0400. The number of rotatable bonds is 3. The van der Waals surface area contributed by atoms with Gasteiger partial charge in [0.05, 0.1) is 6.10 Å². The lowest BCUT2D eigenvalue weighted by molar-refractivity contribution is 0.0898. The van der Waals surface area contributed by atoms with Crippen LogP contribution in [0.5, 0.6) is 0 Å². The van der Waals surface area contributed by atoms with Gasteiger partial charge < -0.3 is 5.11 Å². The van der Waals surface area contributed by atoms with E-state index in [1.54, 1.807) is 0 Å². The first-order valence-electron chi connectivity index (χ1n) is 5.51. The lowest BCUT2D eigenvalue weighted by atomic mass is 9.93. The standard InChI is InChI=1S/C11H18O/c12-11(3-7-1-2-7)10-5-8-4-9(8)6-10/h7-12H,1-6H2. The van der Waals surface area contributed by atoms with Crippen molar-refractivity contribution < 1.29 is 5.11 Å². The Morgan fingerprint density at radius 1 is 1.08 bits per heavy atom. The molecule has 1 nitrogen and oxygen atoms in total. The second-order valence-corrected chi connectivity index (χ2v) is 5.23. The molecule has 3 aliphatic carbocycles. The number of aliphatic hydroxyl groups is 1. The summed E-state index contributed by atoms with van der Waals surface area (Å²) in [4.78, 5) is 0. The highest BCUT2D eigenvalue weighted by atomic mass is 16.3. The molecule has 0 amide bonds. The van der Waals surface area contributed by atoms with Crippen molar-refractivity contribution in [2.45, 2.75) is 44.6 Å². The minimum atomic E-state index is 0.0605. The monoisotopic (exact) mass is 166 g/mol. The highest BCUT2D eigenvalue weighted by molar-refractivity contribution is 4.98. The molecule has 3 saturated carbocycles. The highest BCUT2D eigenvalue weighted by Crippen LogP contribution is 2.55. The van der Waals surface area contributed by atoms with Crippen molar-refractivity contribution in [2.24, 2.45) is 23.7 Å². The van der Waals surface area contributed by atoms with E-state index in [4.69, 9.17) is 0 Å². The molecule has 3 atom stereocenters. The van der Waals surface area contributed by atoms with E-state index in [9.17, 15) is 5.11 Å². The maximum Gasteiger partial charge on any atom is 0.0571 e. The maximum atomic E-state index is 9.90. The summed E-state index contributed by atoms with van der Waals surface area (Å²) in [5, 5.41) is 9.90. The van der Waals surface area contributed by atoms with Crippen molar-refractivity contribution >= 4 is 0 Å². The predicted octanol–water partition coefficient (Wildman–Crippen LogP) is 2.19. The van der Waals surface area contributed by atoms with Crippen LogP contribution in [0.1, 0.15) is 38.5 Å². The largest absolute Gasteiger partial charge is 0.393 e. The van der Waals surface area contributed by atoms with Crippen LogP contribution in [-0.2, 0) is 0 Å².